The number of amides is 2. The quantitative estimate of drug-likeness (QED) is 0.738. The molecule has 0 saturated carbocycles. The monoisotopic (exact) mass is 269 g/mol. The molecule has 2 amide bonds. The predicted molar refractivity (Wildman–Crippen MR) is 71.2 cm³/mol. The van der Waals surface area contributed by atoms with E-state index in [4.69, 9.17) is 5.26 Å². The van der Waals surface area contributed by atoms with Crippen LogP contribution in [0.15, 0.2) is 24.3 Å². The van der Waals surface area contributed by atoms with E-state index in [1.807, 2.05) is 12.1 Å². The van der Waals surface area contributed by atoms with Gasteiger partial charge in [0.05, 0.1) is 23.5 Å². The van der Waals surface area contributed by atoms with Gasteiger partial charge in [-0.25, -0.2) is 0 Å². The van der Waals surface area contributed by atoms with Crippen LogP contribution in [-0.2, 0) is 16.1 Å². The zero-order valence-corrected chi connectivity index (χ0v) is 11.2. The summed E-state index contributed by atoms with van der Waals surface area (Å²) < 4.78 is 0. The van der Waals surface area contributed by atoms with Crippen LogP contribution in [0, 0.1) is 23.2 Å². The Morgan fingerprint density at radius 2 is 1.70 bits per heavy atom. The summed E-state index contributed by atoms with van der Waals surface area (Å²) in [6.07, 6.45) is 0. The number of carbonyl (C=O) groups is 2. The number of nitriles is 1. The molecule has 2 saturated heterocycles. The molecule has 0 aliphatic carbocycles. The summed E-state index contributed by atoms with van der Waals surface area (Å²) in [5.74, 6) is -0.457. The number of benzene rings is 1. The van der Waals surface area contributed by atoms with Crippen LogP contribution in [0.1, 0.15) is 11.1 Å². The van der Waals surface area contributed by atoms with Crippen LogP contribution in [0.25, 0.3) is 0 Å². The van der Waals surface area contributed by atoms with Crippen molar-refractivity contribution in [1.82, 2.24) is 9.80 Å². The van der Waals surface area contributed by atoms with Crippen molar-refractivity contribution in [3.8, 4) is 6.07 Å². The molecule has 2 aliphatic rings. The first-order valence-electron chi connectivity index (χ1n) is 6.63. The molecular weight excluding hydrogens is 254 g/mol. The van der Waals surface area contributed by atoms with E-state index in [1.54, 1.807) is 19.2 Å². The molecule has 2 atom stereocenters. The van der Waals surface area contributed by atoms with Crippen molar-refractivity contribution in [1.29, 1.82) is 5.26 Å². The molecule has 0 aromatic heterocycles. The highest BCUT2D eigenvalue weighted by molar-refractivity contribution is 6.05. The third-order valence-corrected chi connectivity index (χ3v) is 4.18. The van der Waals surface area contributed by atoms with Crippen LogP contribution in [-0.4, -0.2) is 41.8 Å². The highest BCUT2D eigenvalue weighted by Crippen LogP contribution is 2.33. The molecule has 3 rings (SSSR count). The van der Waals surface area contributed by atoms with Gasteiger partial charge in [0.25, 0.3) is 0 Å². The first-order chi connectivity index (χ1) is 9.60. The van der Waals surface area contributed by atoms with E-state index in [0.717, 1.165) is 5.56 Å². The zero-order chi connectivity index (χ0) is 14.3. The molecule has 2 fully saturated rings. The lowest BCUT2D eigenvalue weighted by molar-refractivity contribution is -0.138. The largest absolute Gasteiger partial charge is 0.297 e. The van der Waals surface area contributed by atoms with Gasteiger partial charge in [-0.3, -0.25) is 19.4 Å². The Morgan fingerprint density at radius 3 is 2.20 bits per heavy atom. The van der Waals surface area contributed by atoms with E-state index in [9.17, 15) is 9.59 Å². The minimum atomic E-state index is -0.175. The molecule has 0 spiro atoms. The van der Waals surface area contributed by atoms with Gasteiger partial charge >= 0.3 is 0 Å². The van der Waals surface area contributed by atoms with Crippen LogP contribution in [0.3, 0.4) is 0 Å². The van der Waals surface area contributed by atoms with Gasteiger partial charge in [-0.15, -0.1) is 0 Å². The Labute approximate surface area is 117 Å². The van der Waals surface area contributed by atoms with Crippen molar-refractivity contribution < 1.29 is 9.59 Å². The number of rotatable bonds is 2. The van der Waals surface area contributed by atoms with Crippen molar-refractivity contribution in [2.75, 3.05) is 20.1 Å². The summed E-state index contributed by atoms with van der Waals surface area (Å²) in [7, 11) is 1.56. The number of carbonyl (C=O) groups excluding carboxylic acids is 2. The normalized spacial score (nSPS) is 25.9. The van der Waals surface area contributed by atoms with E-state index in [0.29, 0.717) is 25.2 Å². The molecule has 5 nitrogen and oxygen atoms in total. The lowest BCUT2D eigenvalue weighted by Crippen LogP contribution is -2.32. The molecule has 1 aromatic rings. The second kappa shape index (κ2) is 4.73. The average Bonchev–Trinajstić information content (AvgIpc) is 2.96. The Morgan fingerprint density at radius 1 is 1.15 bits per heavy atom. The summed E-state index contributed by atoms with van der Waals surface area (Å²) >= 11 is 0. The minimum absolute atomic E-state index is 0.0534. The molecule has 2 heterocycles. The van der Waals surface area contributed by atoms with Crippen LogP contribution in [0.5, 0.6) is 0 Å². The van der Waals surface area contributed by atoms with Gasteiger partial charge in [-0.05, 0) is 17.7 Å². The number of imide groups is 1. The van der Waals surface area contributed by atoms with Gasteiger partial charge in [0.1, 0.15) is 0 Å². The third-order valence-electron chi connectivity index (χ3n) is 4.18. The molecule has 102 valence electrons. The van der Waals surface area contributed by atoms with Crippen molar-refractivity contribution >= 4 is 11.8 Å². The fourth-order valence-corrected chi connectivity index (χ4v) is 3.06. The second-order valence-electron chi connectivity index (χ2n) is 5.45. The molecule has 0 N–H and O–H groups in total. The SMILES string of the molecule is CN1C(=O)[C@H]2CN(Cc3ccc(C#N)cc3)C[C@H]2C1=O. The molecular formula is C15H15N3O2. The summed E-state index contributed by atoms with van der Waals surface area (Å²) in [6, 6.07) is 9.50. The van der Waals surface area contributed by atoms with Crippen LogP contribution >= 0.6 is 0 Å². The molecule has 0 unspecified atom stereocenters. The van der Waals surface area contributed by atoms with Gasteiger partial charge in [0, 0.05) is 26.7 Å². The third kappa shape index (κ3) is 1.98. The number of hydrogen-bond acceptors (Lipinski definition) is 4. The van der Waals surface area contributed by atoms with E-state index in [-0.39, 0.29) is 23.7 Å². The first kappa shape index (κ1) is 12.8. The van der Waals surface area contributed by atoms with E-state index < -0.39 is 0 Å². The molecule has 5 heteroatoms. The summed E-state index contributed by atoms with van der Waals surface area (Å²) in [6.45, 7) is 1.99. The second-order valence-corrected chi connectivity index (χ2v) is 5.45. The summed E-state index contributed by atoms with van der Waals surface area (Å²) in [5, 5.41) is 8.76. The maximum atomic E-state index is 11.9. The van der Waals surface area contributed by atoms with Gasteiger partial charge < -0.3 is 0 Å². The van der Waals surface area contributed by atoms with Gasteiger partial charge in [0.2, 0.25) is 11.8 Å². The smallest absolute Gasteiger partial charge is 0.234 e. The fraction of sp³-hybridized carbons (Fsp3) is 0.400. The lowest BCUT2D eigenvalue weighted by atomic mass is 10.00. The molecule has 2 aliphatic heterocycles. The lowest BCUT2D eigenvalue weighted by Gasteiger charge is -2.18. The Balaban J connectivity index is 1.68. The highest BCUT2D eigenvalue weighted by Gasteiger charge is 2.50. The summed E-state index contributed by atoms with van der Waals surface area (Å²) in [5.41, 5.74) is 1.73. The van der Waals surface area contributed by atoms with Crippen molar-refractivity contribution in [2.45, 2.75) is 6.54 Å². The van der Waals surface area contributed by atoms with Crippen molar-refractivity contribution in [3.05, 3.63) is 35.4 Å². The Bertz CT molecular complexity index is 579. The average molecular weight is 269 g/mol. The van der Waals surface area contributed by atoms with E-state index >= 15 is 0 Å². The Hall–Kier alpha value is -2.19. The number of hydrogen-bond donors (Lipinski definition) is 0. The van der Waals surface area contributed by atoms with Gasteiger partial charge in [0.15, 0.2) is 0 Å². The van der Waals surface area contributed by atoms with E-state index in [2.05, 4.69) is 11.0 Å². The highest BCUT2D eigenvalue weighted by atomic mass is 16.2. The van der Waals surface area contributed by atoms with Crippen molar-refractivity contribution in [2.24, 2.45) is 11.8 Å². The zero-order valence-electron chi connectivity index (χ0n) is 11.2. The maximum absolute atomic E-state index is 11.9. The molecule has 0 radical (unpaired) electrons. The van der Waals surface area contributed by atoms with Crippen LogP contribution in [0.4, 0.5) is 0 Å². The standard InChI is InChI=1S/C15H15N3O2/c1-17-14(19)12-8-18(9-13(12)15(17)20)7-11-4-2-10(6-16)3-5-11/h2-5,12-13H,7-9H2,1H3/t12-,13+. The summed E-state index contributed by atoms with van der Waals surface area (Å²) in [4.78, 5) is 27.2. The Kier molecular flexibility index (Phi) is 3.03. The number of nitrogens with zero attached hydrogens (tertiary/aromatic N) is 3. The molecule has 20 heavy (non-hydrogen) atoms. The van der Waals surface area contributed by atoms with Gasteiger partial charge in [-0.2, -0.15) is 5.26 Å². The number of fused-ring (bicyclic) bond motifs is 1. The maximum Gasteiger partial charge on any atom is 0.234 e. The topological polar surface area (TPSA) is 64.4 Å². The fourth-order valence-electron chi connectivity index (χ4n) is 3.06. The number of likely N-dealkylation sites (tertiary alicyclic amines) is 2. The van der Waals surface area contributed by atoms with Crippen LogP contribution < -0.4 is 0 Å². The molecule has 0 bridgehead atoms. The van der Waals surface area contributed by atoms with E-state index in [1.165, 1.54) is 4.90 Å². The predicted octanol–water partition coefficient (Wildman–Crippen LogP) is 0.605. The molecule has 1 aromatic carbocycles. The van der Waals surface area contributed by atoms with Gasteiger partial charge in [-0.1, -0.05) is 12.1 Å². The van der Waals surface area contributed by atoms with Crippen LogP contribution in [0.2, 0.25) is 0 Å². The minimum Gasteiger partial charge on any atom is -0.297 e. The van der Waals surface area contributed by atoms with Crippen molar-refractivity contribution in [3.63, 3.8) is 0 Å². The first-order valence-corrected chi connectivity index (χ1v) is 6.63.